The minimum atomic E-state index is -0.770. The van der Waals surface area contributed by atoms with Crippen LogP contribution >= 0.6 is 11.6 Å². The molecule has 7 heteroatoms. The summed E-state index contributed by atoms with van der Waals surface area (Å²) < 4.78 is 13.5. The van der Waals surface area contributed by atoms with Gasteiger partial charge in [0.1, 0.15) is 11.5 Å². The number of rotatable bonds is 3. The molecule has 0 bridgehead atoms. The molecular formula is C13H8ClFN2O3. The Balaban J connectivity index is 2.33. The van der Waals surface area contributed by atoms with E-state index in [1.807, 2.05) is 0 Å². The van der Waals surface area contributed by atoms with Crippen LogP contribution in [0, 0.1) is 15.9 Å². The third-order valence-corrected chi connectivity index (χ3v) is 2.76. The van der Waals surface area contributed by atoms with Crippen molar-refractivity contribution in [1.82, 2.24) is 0 Å². The number of nitro benzene ring substituents is 1. The molecule has 0 fully saturated rings. The summed E-state index contributed by atoms with van der Waals surface area (Å²) in [5.41, 5.74) is -0.605. The lowest BCUT2D eigenvalue weighted by atomic mass is 10.2. The Bertz CT molecular complexity index is 691. The van der Waals surface area contributed by atoms with E-state index in [1.165, 1.54) is 30.3 Å². The molecule has 1 amide bonds. The van der Waals surface area contributed by atoms with Gasteiger partial charge < -0.3 is 5.32 Å². The predicted octanol–water partition coefficient (Wildman–Crippen LogP) is 3.64. The zero-order chi connectivity index (χ0) is 14.7. The first-order valence-electron chi connectivity index (χ1n) is 5.49. The number of halogens is 2. The van der Waals surface area contributed by atoms with Crippen molar-refractivity contribution in [1.29, 1.82) is 0 Å². The van der Waals surface area contributed by atoms with E-state index in [0.29, 0.717) is 0 Å². The van der Waals surface area contributed by atoms with Crippen LogP contribution in [-0.4, -0.2) is 10.8 Å². The van der Waals surface area contributed by atoms with Gasteiger partial charge in [-0.25, -0.2) is 4.39 Å². The van der Waals surface area contributed by atoms with E-state index in [2.05, 4.69) is 5.32 Å². The van der Waals surface area contributed by atoms with Crippen molar-refractivity contribution in [2.24, 2.45) is 0 Å². The fraction of sp³-hybridized carbons (Fsp3) is 0. The molecule has 2 rings (SSSR count). The van der Waals surface area contributed by atoms with Crippen LogP contribution in [0.2, 0.25) is 5.02 Å². The Morgan fingerprint density at radius 1 is 1.25 bits per heavy atom. The summed E-state index contributed by atoms with van der Waals surface area (Å²) in [5, 5.41) is 13.3. The van der Waals surface area contributed by atoms with E-state index >= 15 is 0 Å². The molecule has 1 N–H and O–H groups in total. The molecular weight excluding hydrogens is 287 g/mol. The van der Waals surface area contributed by atoms with Gasteiger partial charge in [0.05, 0.1) is 10.5 Å². The first-order valence-corrected chi connectivity index (χ1v) is 5.86. The summed E-state index contributed by atoms with van der Waals surface area (Å²) in [7, 11) is 0. The van der Waals surface area contributed by atoms with Crippen LogP contribution in [-0.2, 0) is 0 Å². The average molecular weight is 295 g/mol. The van der Waals surface area contributed by atoms with Gasteiger partial charge in [0.2, 0.25) is 0 Å². The highest BCUT2D eigenvalue weighted by molar-refractivity contribution is 6.31. The minimum Gasteiger partial charge on any atom is -0.316 e. The summed E-state index contributed by atoms with van der Waals surface area (Å²) in [6, 6.07) is 9.14. The Hall–Kier alpha value is -2.47. The Labute approximate surface area is 118 Å². The molecule has 0 unspecified atom stereocenters. The Morgan fingerprint density at radius 2 is 1.95 bits per heavy atom. The lowest BCUT2D eigenvalue weighted by molar-refractivity contribution is -0.383. The topological polar surface area (TPSA) is 72.2 Å². The number of nitrogens with one attached hydrogen (secondary N) is 1. The fourth-order valence-corrected chi connectivity index (χ4v) is 1.76. The van der Waals surface area contributed by atoms with Gasteiger partial charge in [-0.15, -0.1) is 0 Å². The highest BCUT2D eigenvalue weighted by Gasteiger charge is 2.18. The van der Waals surface area contributed by atoms with E-state index < -0.39 is 16.6 Å². The normalized spacial score (nSPS) is 10.1. The standard InChI is InChI=1S/C13H8ClFN2O3/c14-8-5-6-11(12(7-8)17(19)20)16-13(18)9-3-1-2-4-10(9)15/h1-7H,(H,16,18). The summed E-state index contributed by atoms with van der Waals surface area (Å²) in [5.74, 6) is -1.48. The van der Waals surface area contributed by atoms with E-state index in [4.69, 9.17) is 11.6 Å². The number of carbonyl (C=O) groups is 1. The van der Waals surface area contributed by atoms with Crippen LogP contribution in [0.3, 0.4) is 0 Å². The molecule has 102 valence electrons. The second-order valence-corrected chi connectivity index (χ2v) is 4.29. The molecule has 0 aromatic heterocycles. The van der Waals surface area contributed by atoms with Gasteiger partial charge >= 0.3 is 0 Å². The van der Waals surface area contributed by atoms with Crippen LogP contribution in [0.25, 0.3) is 0 Å². The van der Waals surface area contributed by atoms with Gasteiger partial charge in [-0.2, -0.15) is 0 Å². The number of amides is 1. The average Bonchev–Trinajstić information content (AvgIpc) is 2.41. The lowest BCUT2D eigenvalue weighted by Crippen LogP contribution is -2.14. The van der Waals surface area contributed by atoms with Gasteiger partial charge in [-0.1, -0.05) is 23.7 Å². The van der Waals surface area contributed by atoms with Crippen LogP contribution in [0.5, 0.6) is 0 Å². The maximum atomic E-state index is 13.5. The van der Waals surface area contributed by atoms with E-state index in [0.717, 1.165) is 12.1 Å². The summed E-state index contributed by atoms with van der Waals surface area (Å²) in [6.45, 7) is 0. The van der Waals surface area contributed by atoms with Crippen LogP contribution in [0.15, 0.2) is 42.5 Å². The molecule has 0 heterocycles. The third kappa shape index (κ3) is 2.92. The number of hydrogen-bond acceptors (Lipinski definition) is 3. The maximum absolute atomic E-state index is 13.5. The summed E-state index contributed by atoms with van der Waals surface area (Å²) in [6.07, 6.45) is 0. The zero-order valence-electron chi connectivity index (χ0n) is 9.97. The van der Waals surface area contributed by atoms with Crippen LogP contribution < -0.4 is 5.32 Å². The SMILES string of the molecule is O=C(Nc1ccc(Cl)cc1[N+](=O)[O-])c1ccccc1F. The lowest BCUT2D eigenvalue weighted by Gasteiger charge is -2.07. The molecule has 20 heavy (non-hydrogen) atoms. The molecule has 2 aromatic rings. The van der Waals surface area contributed by atoms with Crippen molar-refractivity contribution >= 4 is 28.9 Å². The maximum Gasteiger partial charge on any atom is 0.294 e. The molecule has 5 nitrogen and oxygen atoms in total. The molecule has 2 aromatic carbocycles. The monoisotopic (exact) mass is 294 g/mol. The summed E-state index contributed by atoms with van der Waals surface area (Å²) in [4.78, 5) is 22.1. The van der Waals surface area contributed by atoms with Crippen molar-refractivity contribution < 1.29 is 14.1 Å². The van der Waals surface area contributed by atoms with Crippen molar-refractivity contribution in [3.63, 3.8) is 0 Å². The molecule has 0 aliphatic rings. The third-order valence-electron chi connectivity index (χ3n) is 2.52. The molecule has 0 aliphatic carbocycles. The number of anilines is 1. The van der Waals surface area contributed by atoms with Crippen molar-refractivity contribution in [2.45, 2.75) is 0 Å². The minimum absolute atomic E-state index is 0.0485. The Morgan fingerprint density at radius 3 is 2.60 bits per heavy atom. The van der Waals surface area contributed by atoms with Gasteiger partial charge in [-0.3, -0.25) is 14.9 Å². The van der Waals surface area contributed by atoms with E-state index in [-0.39, 0.29) is 22.0 Å². The number of benzene rings is 2. The number of hydrogen-bond donors (Lipinski definition) is 1. The van der Waals surface area contributed by atoms with Crippen molar-refractivity contribution in [2.75, 3.05) is 5.32 Å². The molecule has 0 saturated carbocycles. The quantitative estimate of drug-likeness (QED) is 0.694. The molecule has 0 saturated heterocycles. The largest absolute Gasteiger partial charge is 0.316 e. The number of nitro groups is 1. The van der Waals surface area contributed by atoms with Gasteiger partial charge in [0.15, 0.2) is 0 Å². The number of nitrogens with zero attached hydrogens (tertiary/aromatic N) is 1. The first-order chi connectivity index (χ1) is 9.49. The second-order valence-electron chi connectivity index (χ2n) is 3.85. The Kier molecular flexibility index (Phi) is 3.95. The molecule has 0 spiro atoms. The zero-order valence-corrected chi connectivity index (χ0v) is 10.7. The van der Waals surface area contributed by atoms with E-state index in [9.17, 15) is 19.3 Å². The highest BCUT2D eigenvalue weighted by Crippen LogP contribution is 2.28. The molecule has 0 aliphatic heterocycles. The highest BCUT2D eigenvalue weighted by atomic mass is 35.5. The van der Waals surface area contributed by atoms with Crippen LogP contribution in [0.4, 0.5) is 15.8 Å². The predicted molar refractivity (Wildman–Crippen MR) is 72.5 cm³/mol. The van der Waals surface area contributed by atoms with Crippen LogP contribution in [0.1, 0.15) is 10.4 Å². The smallest absolute Gasteiger partial charge is 0.294 e. The van der Waals surface area contributed by atoms with Crippen molar-refractivity contribution in [3.8, 4) is 0 Å². The molecule has 0 radical (unpaired) electrons. The van der Waals surface area contributed by atoms with Crippen molar-refractivity contribution in [3.05, 3.63) is 69.0 Å². The second kappa shape index (κ2) is 5.66. The fourth-order valence-electron chi connectivity index (χ4n) is 1.60. The van der Waals surface area contributed by atoms with Gasteiger partial charge in [-0.05, 0) is 24.3 Å². The van der Waals surface area contributed by atoms with E-state index in [1.54, 1.807) is 0 Å². The van der Waals surface area contributed by atoms with Gasteiger partial charge in [0, 0.05) is 11.1 Å². The molecule has 0 atom stereocenters. The number of carbonyl (C=O) groups excluding carboxylic acids is 1. The van der Waals surface area contributed by atoms with Gasteiger partial charge in [0.25, 0.3) is 11.6 Å². The first kappa shape index (κ1) is 14.0. The summed E-state index contributed by atoms with van der Waals surface area (Å²) >= 11 is 5.66.